The van der Waals surface area contributed by atoms with E-state index in [-0.39, 0.29) is 17.9 Å². The first-order valence-electron chi connectivity index (χ1n) is 10.4. The maximum atomic E-state index is 12.1. The molecule has 0 saturated carbocycles. The number of hydrogen-bond acceptors (Lipinski definition) is 8. The van der Waals surface area contributed by atoms with Gasteiger partial charge in [-0.25, -0.2) is 13.1 Å². The summed E-state index contributed by atoms with van der Waals surface area (Å²) < 4.78 is 32.6. The summed E-state index contributed by atoms with van der Waals surface area (Å²) in [5.74, 6) is 0.194. The number of aromatic nitrogens is 2. The van der Waals surface area contributed by atoms with Gasteiger partial charge < -0.3 is 9.84 Å². The second-order valence-electron chi connectivity index (χ2n) is 7.88. The summed E-state index contributed by atoms with van der Waals surface area (Å²) in [6.07, 6.45) is 1.23. The van der Waals surface area contributed by atoms with Crippen molar-refractivity contribution in [3.63, 3.8) is 0 Å². The van der Waals surface area contributed by atoms with Crippen LogP contribution >= 0.6 is 11.3 Å². The van der Waals surface area contributed by atoms with Crippen LogP contribution in [0.3, 0.4) is 0 Å². The molecule has 1 aliphatic rings. The summed E-state index contributed by atoms with van der Waals surface area (Å²) >= 11 is 1.37. The van der Waals surface area contributed by atoms with Crippen LogP contribution in [-0.4, -0.2) is 42.2 Å². The molecule has 4 rings (SSSR count). The minimum absolute atomic E-state index is 0.0417. The second kappa shape index (κ2) is 9.46. The average molecular weight is 483 g/mol. The van der Waals surface area contributed by atoms with Gasteiger partial charge in [0.1, 0.15) is 16.8 Å². The number of nitrogens with zero attached hydrogens (tertiary/aromatic N) is 3. The first-order chi connectivity index (χ1) is 15.8. The summed E-state index contributed by atoms with van der Waals surface area (Å²) in [7, 11) is -3.57. The van der Waals surface area contributed by atoms with Crippen LogP contribution < -0.4 is 9.46 Å². The van der Waals surface area contributed by atoms with Gasteiger partial charge in [-0.1, -0.05) is 23.5 Å². The van der Waals surface area contributed by atoms with Gasteiger partial charge in [0.05, 0.1) is 29.6 Å². The smallest absolute Gasteiger partial charge is 0.214 e. The highest BCUT2D eigenvalue weighted by atomic mass is 32.2. The zero-order valence-electron chi connectivity index (χ0n) is 18.1. The minimum atomic E-state index is -3.57. The maximum absolute atomic E-state index is 12.1. The number of aliphatic hydroxyl groups is 1. The SMILES string of the molecule is CC(C)Oc1ccc(-c2nnc(-c3c#ccc4c3CCC4NS(=O)(=O)CCO)s2)cc1C#N. The molecule has 1 aliphatic carbocycles. The zero-order valence-corrected chi connectivity index (χ0v) is 19.8. The second-order valence-corrected chi connectivity index (χ2v) is 10.7. The predicted octanol–water partition coefficient (Wildman–Crippen LogP) is 3.03. The predicted molar refractivity (Wildman–Crippen MR) is 124 cm³/mol. The van der Waals surface area contributed by atoms with Gasteiger partial charge in [-0.05, 0) is 62.1 Å². The van der Waals surface area contributed by atoms with Crippen LogP contribution in [0.15, 0.2) is 24.3 Å². The fraction of sp³-hybridized carbons (Fsp3) is 0.348. The highest BCUT2D eigenvalue weighted by Gasteiger charge is 2.29. The van der Waals surface area contributed by atoms with Gasteiger partial charge in [0.25, 0.3) is 0 Å². The molecule has 0 saturated heterocycles. The van der Waals surface area contributed by atoms with Gasteiger partial charge >= 0.3 is 0 Å². The number of aliphatic hydroxyl groups excluding tert-OH is 1. The number of hydrogen-bond donors (Lipinski definition) is 2. The molecule has 8 nitrogen and oxygen atoms in total. The van der Waals surface area contributed by atoms with E-state index in [0.29, 0.717) is 34.2 Å². The van der Waals surface area contributed by atoms with Crippen molar-refractivity contribution in [2.75, 3.05) is 12.4 Å². The molecule has 10 heteroatoms. The van der Waals surface area contributed by atoms with Gasteiger partial charge in [-0.15, -0.1) is 10.2 Å². The normalized spacial score (nSPS) is 15.2. The van der Waals surface area contributed by atoms with E-state index >= 15 is 0 Å². The lowest BCUT2D eigenvalue weighted by Crippen LogP contribution is -2.30. The van der Waals surface area contributed by atoms with Crippen molar-refractivity contribution in [2.24, 2.45) is 0 Å². The Balaban J connectivity index is 1.63. The third-order valence-corrected chi connectivity index (χ3v) is 7.52. The van der Waals surface area contributed by atoms with E-state index in [9.17, 15) is 13.7 Å². The van der Waals surface area contributed by atoms with Crippen LogP contribution in [0.1, 0.15) is 43.0 Å². The van der Waals surface area contributed by atoms with Crippen LogP contribution in [0.2, 0.25) is 0 Å². The first-order valence-corrected chi connectivity index (χ1v) is 12.9. The van der Waals surface area contributed by atoms with E-state index in [4.69, 9.17) is 9.84 Å². The van der Waals surface area contributed by atoms with Gasteiger partial charge in [-0.3, -0.25) is 0 Å². The highest BCUT2D eigenvalue weighted by molar-refractivity contribution is 7.89. The molecule has 1 atom stereocenters. The third-order valence-electron chi connectivity index (χ3n) is 5.16. The minimum Gasteiger partial charge on any atom is -0.490 e. The Morgan fingerprint density at radius 2 is 2.15 bits per heavy atom. The van der Waals surface area contributed by atoms with E-state index in [0.717, 1.165) is 22.3 Å². The fourth-order valence-electron chi connectivity index (χ4n) is 3.77. The van der Waals surface area contributed by atoms with E-state index in [1.165, 1.54) is 11.3 Å². The Morgan fingerprint density at radius 1 is 1.36 bits per heavy atom. The largest absolute Gasteiger partial charge is 0.490 e. The molecule has 170 valence electrons. The Labute approximate surface area is 196 Å². The van der Waals surface area contributed by atoms with E-state index in [1.54, 1.807) is 18.2 Å². The molecule has 2 N–H and O–H groups in total. The van der Waals surface area contributed by atoms with Gasteiger partial charge in [0.2, 0.25) is 10.0 Å². The molecule has 33 heavy (non-hydrogen) atoms. The topological polar surface area (TPSA) is 125 Å². The number of fused-ring (bicyclic) bond motifs is 1. The molecule has 0 spiro atoms. The van der Waals surface area contributed by atoms with Gasteiger partial charge in [-0.2, -0.15) is 5.26 Å². The van der Waals surface area contributed by atoms with Gasteiger partial charge in [0, 0.05) is 11.6 Å². The van der Waals surface area contributed by atoms with Crippen molar-refractivity contribution in [3.05, 3.63) is 53.1 Å². The number of sulfonamides is 1. The fourth-order valence-corrected chi connectivity index (χ4v) is 5.67. The lowest BCUT2D eigenvalue weighted by molar-refractivity contribution is 0.242. The van der Waals surface area contributed by atoms with Crippen molar-refractivity contribution >= 4 is 21.4 Å². The van der Waals surface area contributed by atoms with Crippen molar-refractivity contribution in [1.82, 2.24) is 14.9 Å². The lowest BCUT2D eigenvalue weighted by Gasteiger charge is -2.13. The number of rotatable bonds is 8. The molecule has 0 bridgehead atoms. The summed E-state index contributed by atoms with van der Waals surface area (Å²) in [5, 5.41) is 28.4. The number of ether oxygens (including phenoxy) is 1. The van der Waals surface area contributed by atoms with Gasteiger partial charge in [0.15, 0.2) is 5.01 Å². The first kappa shape index (κ1) is 23.1. The number of nitriles is 1. The van der Waals surface area contributed by atoms with Crippen molar-refractivity contribution in [1.29, 1.82) is 5.26 Å². The summed E-state index contributed by atoms with van der Waals surface area (Å²) in [5.41, 5.74) is 3.74. The zero-order chi connectivity index (χ0) is 23.6. The van der Waals surface area contributed by atoms with Crippen LogP contribution in [0, 0.1) is 23.5 Å². The molecular formula is C23H22N4O4S2. The quantitative estimate of drug-likeness (QED) is 0.505. The summed E-state index contributed by atoms with van der Waals surface area (Å²) in [6, 6.07) is 15.0. The molecule has 0 fully saturated rings. The maximum Gasteiger partial charge on any atom is 0.214 e. The summed E-state index contributed by atoms with van der Waals surface area (Å²) in [4.78, 5) is 0. The Morgan fingerprint density at radius 3 is 2.88 bits per heavy atom. The van der Waals surface area contributed by atoms with Crippen LogP contribution in [-0.2, 0) is 16.4 Å². The average Bonchev–Trinajstić information content (AvgIpc) is 3.41. The molecule has 1 unspecified atom stereocenters. The molecule has 2 aromatic carbocycles. The lowest BCUT2D eigenvalue weighted by atomic mass is 10.1. The van der Waals surface area contributed by atoms with Crippen molar-refractivity contribution in [2.45, 2.75) is 38.8 Å². The van der Waals surface area contributed by atoms with E-state index < -0.39 is 16.6 Å². The molecule has 0 amide bonds. The molecule has 3 aromatic rings. The number of benzene rings is 1. The van der Waals surface area contributed by atoms with Crippen molar-refractivity contribution in [3.8, 4) is 33.0 Å². The molecule has 1 aromatic heterocycles. The Hall–Kier alpha value is -3.02. The molecular weight excluding hydrogens is 460 g/mol. The molecule has 0 radical (unpaired) electrons. The highest BCUT2D eigenvalue weighted by Crippen LogP contribution is 2.39. The third kappa shape index (κ3) is 5.00. The number of nitrogens with one attached hydrogen (secondary N) is 1. The standard InChI is InChI=1S/C23H22N4O4S2/c1-14(2)31-21-9-6-15(12-16(21)13-24)22-25-26-23(32-22)19-5-3-4-18-17(19)7-8-20(18)27-33(29,30)11-10-28/h4,6,9,12,14,20,27-28H,7-8,10-11H2,1-2H3. The monoisotopic (exact) mass is 482 g/mol. The van der Waals surface area contributed by atoms with Crippen molar-refractivity contribution < 1.29 is 18.3 Å². The summed E-state index contributed by atoms with van der Waals surface area (Å²) in [6.45, 7) is 3.38. The van der Waals surface area contributed by atoms with Crippen LogP contribution in [0.5, 0.6) is 5.75 Å². The molecule has 0 aliphatic heterocycles. The van der Waals surface area contributed by atoms with Crippen LogP contribution in [0.4, 0.5) is 0 Å². The Bertz CT molecular complexity index is 1310. The molecule has 1 heterocycles. The van der Waals surface area contributed by atoms with Crippen LogP contribution in [0.25, 0.3) is 21.1 Å². The van der Waals surface area contributed by atoms with E-state index in [1.807, 2.05) is 19.9 Å². The van der Waals surface area contributed by atoms with E-state index in [2.05, 4.69) is 33.1 Å². The Kier molecular flexibility index (Phi) is 6.63.